The van der Waals surface area contributed by atoms with E-state index in [1.807, 2.05) is 0 Å². The predicted octanol–water partition coefficient (Wildman–Crippen LogP) is 3.39. The molecule has 1 unspecified atom stereocenters. The van der Waals surface area contributed by atoms with E-state index in [2.05, 4.69) is 15.3 Å². The molecule has 0 radical (unpaired) electrons. The lowest BCUT2D eigenvalue weighted by atomic mass is 10.1. The van der Waals surface area contributed by atoms with Crippen LogP contribution in [0.25, 0.3) is 11.4 Å². The number of hydrogen-bond donors (Lipinski definition) is 3. The van der Waals surface area contributed by atoms with Crippen LogP contribution in [-0.4, -0.2) is 33.0 Å². The highest BCUT2D eigenvalue weighted by Gasteiger charge is 2.30. The number of amides is 1. The summed E-state index contributed by atoms with van der Waals surface area (Å²) in [5, 5.41) is 11.3. The molecule has 0 fully saturated rings. The molecule has 0 spiro atoms. The molecule has 1 aromatic heterocycles. The van der Waals surface area contributed by atoms with Crippen LogP contribution in [-0.2, 0) is 11.0 Å². The first-order chi connectivity index (χ1) is 12.1. The van der Waals surface area contributed by atoms with Crippen molar-refractivity contribution in [1.82, 2.24) is 15.3 Å². The van der Waals surface area contributed by atoms with Gasteiger partial charge in [0.25, 0.3) is 5.91 Å². The van der Waals surface area contributed by atoms with Crippen LogP contribution in [0.15, 0.2) is 24.3 Å². The molecule has 2 aromatic rings. The summed E-state index contributed by atoms with van der Waals surface area (Å²) in [7, 11) is 0. The van der Waals surface area contributed by atoms with E-state index in [9.17, 15) is 22.8 Å². The zero-order chi connectivity index (χ0) is 19.5. The second-order valence-electron chi connectivity index (χ2n) is 5.94. The maximum Gasteiger partial charge on any atom is 0.416 e. The van der Waals surface area contributed by atoms with Crippen LogP contribution < -0.4 is 5.32 Å². The minimum atomic E-state index is -4.47. The van der Waals surface area contributed by atoms with Gasteiger partial charge in [-0.3, -0.25) is 9.59 Å². The Morgan fingerprint density at radius 2 is 2.04 bits per heavy atom. The molecule has 0 bridgehead atoms. The van der Waals surface area contributed by atoms with Crippen LogP contribution in [0.3, 0.4) is 0 Å². The number of alkyl halides is 3. The molecule has 0 aliphatic rings. The van der Waals surface area contributed by atoms with Gasteiger partial charge in [0.15, 0.2) is 0 Å². The first kappa shape index (κ1) is 19.5. The largest absolute Gasteiger partial charge is 0.481 e. The number of nitrogens with zero attached hydrogens (tertiary/aromatic N) is 1. The number of carbonyl (C=O) groups is 2. The molecule has 1 amide bonds. The first-order valence-corrected chi connectivity index (χ1v) is 7.85. The number of hydrogen-bond acceptors (Lipinski definition) is 3. The number of benzene rings is 1. The molecule has 1 heterocycles. The SMILES string of the molecule is Cc1[nH]c(-c2cccc(C(F)(F)F)c2)nc1C(=O)NC(C)CCC(=O)O. The number of nitrogens with one attached hydrogen (secondary N) is 2. The summed E-state index contributed by atoms with van der Waals surface area (Å²) in [5.41, 5.74) is -0.141. The molecule has 3 N–H and O–H groups in total. The van der Waals surface area contributed by atoms with E-state index < -0.39 is 23.6 Å². The third kappa shape index (κ3) is 4.84. The minimum absolute atomic E-state index is 0.0552. The van der Waals surface area contributed by atoms with Crippen molar-refractivity contribution in [3.05, 3.63) is 41.2 Å². The van der Waals surface area contributed by atoms with Gasteiger partial charge in [-0.25, -0.2) is 4.98 Å². The molecule has 140 valence electrons. The molecule has 26 heavy (non-hydrogen) atoms. The normalized spacial score (nSPS) is 12.7. The zero-order valence-electron chi connectivity index (χ0n) is 14.1. The van der Waals surface area contributed by atoms with Gasteiger partial charge in [-0.15, -0.1) is 0 Å². The summed E-state index contributed by atoms with van der Waals surface area (Å²) in [4.78, 5) is 29.7. The number of carbonyl (C=O) groups excluding carboxylic acids is 1. The van der Waals surface area contributed by atoms with E-state index in [4.69, 9.17) is 5.11 Å². The highest BCUT2D eigenvalue weighted by molar-refractivity contribution is 5.94. The number of aromatic nitrogens is 2. The van der Waals surface area contributed by atoms with Crippen molar-refractivity contribution < 1.29 is 27.9 Å². The maximum absolute atomic E-state index is 12.8. The number of aliphatic carboxylic acids is 1. The highest BCUT2D eigenvalue weighted by Crippen LogP contribution is 2.31. The fourth-order valence-corrected chi connectivity index (χ4v) is 2.37. The van der Waals surface area contributed by atoms with Crippen LogP contribution in [0.2, 0.25) is 0 Å². The summed E-state index contributed by atoms with van der Waals surface area (Å²) in [6.45, 7) is 3.25. The maximum atomic E-state index is 12.8. The summed E-state index contributed by atoms with van der Waals surface area (Å²) >= 11 is 0. The van der Waals surface area contributed by atoms with Crippen molar-refractivity contribution in [3.8, 4) is 11.4 Å². The van der Waals surface area contributed by atoms with E-state index in [-0.39, 0.29) is 36.0 Å². The number of imidazole rings is 1. The Bertz CT molecular complexity index is 815. The van der Waals surface area contributed by atoms with E-state index >= 15 is 0 Å². The number of carboxylic acid groups (broad SMARTS) is 1. The van der Waals surface area contributed by atoms with E-state index in [1.165, 1.54) is 12.1 Å². The van der Waals surface area contributed by atoms with Crippen molar-refractivity contribution >= 4 is 11.9 Å². The van der Waals surface area contributed by atoms with Crippen LogP contribution >= 0.6 is 0 Å². The number of aromatic amines is 1. The lowest BCUT2D eigenvalue weighted by molar-refractivity contribution is -0.138. The Morgan fingerprint density at radius 3 is 2.65 bits per heavy atom. The molecule has 0 saturated carbocycles. The van der Waals surface area contributed by atoms with E-state index in [0.717, 1.165) is 12.1 Å². The highest BCUT2D eigenvalue weighted by atomic mass is 19.4. The molecule has 2 rings (SSSR count). The van der Waals surface area contributed by atoms with Crippen molar-refractivity contribution in [3.63, 3.8) is 0 Å². The predicted molar refractivity (Wildman–Crippen MR) is 87.6 cm³/mol. The van der Waals surface area contributed by atoms with E-state index in [1.54, 1.807) is 13.8 Å². The molecule has 6 nitrogen and oxygen atoms in total. The first-order valence-electron chi connectivity index (χ1n) is 7.85. The van der Waals surface area contributed by atoms with Crippen molar-refractivity contribution in [2.75, 3.05) is 0 Å². The Kier molecular flexibility index (Phi) is 5.69. The molecule has 0 aliphatic heterocycles. The summed E-state index contributed by atoms with van der Waals surface area (Å²) in [6, 6.07) is 4.26. The van der Waals surface area contributed by atoms with Crippen molar-refractivity contribution in [2.45, 2.75) is 38.9 Å². The number of halogens is 3. The standard InChI is InChI=1S/C17H18F3N3O3/c1-9(6-7-13(24)25)21-16(26)14-10(2)22-15(23-14)11-4-3-5-12(8-11)17(18,19)20/h3-5,8-9H,6-7H2,1-2H3,(H,21,26)(H,22,23)(H,24,25). The third-order valence-electron chi connectivity index (χ3n) is 3.73. The monoisotopic (exact) mass is 369 g/mol. The molecule has 9 heteroatoms. The number of rotatable bonds is 6. The number of aryl methyl sites for hydroxylation is 1. The van der Waals surface area contributed by atoms with Gasteiger partial charge in [0, 0.05) is 23.7 Å². The fourth-order valence-electron chi connectivity index (χ4n) is 2.37. The van der Waals surface area contributed by atoms with Gasteiger partial charge in [-0.05, 0) is 32.4 Å². The number of carboxylic acids is 1. The van der Waals surface area contributed by atoms with Gasteiger partial charge < -0.3 is 15.4 Å². The quantitative estimate of drug-likeness (QED) is 0.727. The van der Waals surface area contributed by atoms with Crippen molar-refractivity contribution in [2.24, 2.45) is 0 Å². The Labute approximate surface area is 147 Å². The smallest absolute Gasteiger partial charge is 0.416 e. The molecular weight excluding hydrogens is 351 g/mol. The lowest BCUT2D eigenvalue weighted by Gasteiger charge is -2.11. The van der Waals surface area contributed by atoms with Gasteiger partial charge in [0.05, 0.1) is 5.56 Å². The third-order valence-corrected chi connectivity index (χ3v) is 3.73. The molecule has 0 saturated heterocycles. The molecular formula is C17H18F3N3O3. The van der Waals surface area contributed by atoms with E-state index in [0.29, 0.717) is 5.69 Å². The van der Waals surface area contributed by atoms with Crippen molar-refractivity contribution in [1.29, 1.82) is 0 Å². The van der Waals surface area contributed by atoms with Crippen LogP contribution in [0.5, 0.6) is 0 Å². The average molecular weight is 369 g/mol. The Hall–Kier alpha value is -2.84. The second-order valence-corrected chi connectivity index (χ2v) is 5.94. The zero-order valence-corrected chi connectivity index (χ0v) is 14.1. The lowest BCUT2D eigenvalue weighted by Crippen LogP contribution is -2.33. The van der Waals surface area contributed by atoms with Gasteiger partial charge in [-0.1, -0.05) is 12.1 Å². The molecule has 1 atom stereocenters. The van der Waals surface area contributed by atoms with Gasteiger partial charge in [0.2, 0.25) is 0 Å². The van der Waals surface area contributed by atoms with Crippen LogP contribution in [0, 0.1) is 6.92 Å². The van der Waals surface area contributed by atoms with Crippen LogP contribution in [0.1, 0.15) is 41.5 Å². The van der Waals surface area contributed by atoms with Crippen LogP contribution in [0.4, 0.5) is 13.2 Å². The minimum Gasteiger partial charge on any atom is -0.481 e. The summed E-state index contributed by atoms with van der Waals surface area (Å²) in [5.74, 6) is -1.33. The topological polar surface area (TPSA) is 95.1 Å². The van der Waals surface area contributed by atoms with Gasteiger partial charge in [-0.2, -0.15) is 13.2 Å². The fraction of sp³-hybridized carbons (Fsp3) is 0.353. The summed E-state index contributed by atoms with van der Waals surface area (Å²) < 4.78 is 38.5. The van der Waals surface area contributed by atoms with Gasteiger partial charge in [0.1, 0.15) is 11.5 Å². The average Bonchev–Trinajstić information content (AvgIpc) is 2.94. The second kappa shape index (κ2) is 7.59. The Balaban J connectivity index is 2.18. The molecule has 0 aliphatic carbocycles. The Morgan fingerprint density at radius 1 is 1.35 bits per heavy atom. The number of H-pyrrole nitrogens is 1. The molecule has 1 aromatic carbocycles. The van der Waals surface area contributed by atoms with Gasteiger partial charge >= 0.3 is 12.1 Å². The summed E-state index contributed by atoms with van der Waals surface area (Å²) in [6.07, 6.45) is -4.31.